The molecule has 0 amide bonds. The summed E-state index contributed by atoms with van der Waals surface area (Å²) in [5.41, 5.74) is -0.835. The molecule has 3 atom stereocenters. The van der Waals surface area contributed by atoms with Crippen LogP contribution in [0.3, 0.4) is 0 Å². The van der Waals surface area contributed by atoms with Crippen LogP contribution >= 0.6 is 0 Å². The minimum Gasteiger partial charge on any atom is -0.389 e. The van der Waals surface area contributed by atoms with Crippen LogP contribution in [0.15, 0.2) is 0 Å². The Labute approximate surface area is 76.2 Å². The topological polar surface area (TPSA) is 77.8 Å². The summed E-state index contributed by atoms with van der Waals surface area (Å²) in [6, 6.07) is 0. The molecule has 3 N–H and O–H groups in total. The van der Waals surface area contributed by atoms with Crippen LogP contribution in [-0.2, 0) is 4.79 Å². The maximum Gasteiger partial charge on any atom is 0.172 e. The van der Waals surface area contributed by atoms with Gasteiger partial charge in [-0.05, 0) is 18.8 Å². The van der Waals surface area contributed by atoms with Crippen molar-refractivity contribution in [2.75, 3.05) is 0 Å². The van der Waals surface area contributed by atoms with Gasteiger partial charge in [-0.2, -0.15) is 0 Å². The number of aliphatic hydroxyl groups excluding tert-OH is 3. The fourth-order valence-electron chi connectivity index (χ4n) is 2.72. The van der Waals surface area contributed by atoms with Gasteiger partial charge in [0, 0.05) is 0 Å². The van der Waals surface area contributed by atoms with Crippen molar-refractivity contribution in [1.82, 2.24) is 0 Å². The van der Waals surface area contributed by atoms with Crippen LogP contribution in [0.4, 0.5) is 0 Å². The minimum atomic E-state index is -1.39. The first kappa shape index (κ1) is 9.12. The van der Waals surface area contributed by atoms with E-state index in [0.29, 0.717) is 18.8 Å². The Morgan fingerprint density at radius 2 is 1.85 bits per heavy atom. The van der Waals surface area contributed by atoms with Gasteiger partial charge in [-0.25, -0.2) is 0 Å². The highest BCUT2D eigenvalue weighted by atomic mass is 16.4. The SMILES string of the molecule is C[C@H]1C[C@]2(C1)C(=O)C(O)C(O)C2O. The maximum atomic E-state index is 11.5. The van der Waals surface area contributed by atoms with E-state index in [1.165, 1.54) is 0 Å². The van der Waals surface area contributed by atoms with Crippen LogP contribution in [0.5, 0.6) is 0 Å². The van der Waals surface area contributed by atoms with Gasteiger partial charge in [0.15, 0.2) is 5.78 Å². The number of carbonyl (C=O) groups is 1. The summed E-state index contributed by atoms with van der Waals surface area (Å²) >= 11 is 0. The standard InChI is InChI=1S/C9H14O4/c1-4-2-9(3-4)7(12)5(10)6(11)8(9)13/h4-7,10-12H,2-3H2,1H3/t4-,5?,6?,7?,9+. The molecule has 2 aliphatic rings. The molecular weight excluding hydrogens is 172 g/mol. The van der Waals surface area contributed by atoms with Crippen LogP contribution in [0.1, 0.15) is 19.8 Å². The lowest BCUT2D eigenvalue weighted by Crippen LogP contribution is -2.48. The lowest BCUT2D eigenvalue weighted by Gasteiger charge is -2.44. The Balaban J connectivity index is 2.26. The third kappa shape index (κ3) is 0.936. The molecule has 2 rings (SSSR count). The first-order valence-electron chi connectivity index (χ1n) is 4.57. The highest BCUT2D eigenvalue weighted by molar-refractivity contribution is 5.93. The van der Waals surface area contributed by atoms with Crippen LogP contribution < -0.4 is 0 Å². The van der Waals surface area contributed by atoms with Gasteiger partial charge in [0.2, 0.25) is 0 Å². The van der Waals surface area contributed by atoms with E-state index in [-0.39, 0.29) is 5.78 Å². The fourth-order valence-corrected chi connectivity index (χ4v) is 2.72. The smallest absolute Gasteiger partial charge is 0.172 e. The van der Waals surface area contributed by atoms with Crippen molar-refractivity contribution < 1.29 is 20.1 Å². The Kier molecular flexibility index (Phi) is 1.77. The molecule has 0 aromatic rings. The molecule has 0 aliphatic heterocycles. The predicted molar refractivity (Wildman–Crippen MR) is 43.9 cm³/mol. The molecule has 0 saturated heterocycles. The Morgan fingerprint density at radius 1 is 1.31 bits per heavy atom. The van der Waals surface area contributed by atoms with Gasteiger partial charge in [0.05, 0.1) is 11.5 Å². The first-order valence-corrected chi connectivity index (χ1v) is 4.57. The monoisotopic (exact) mass is 186 g/mol. The summed E-state index contributed by atoms with van der Waals surface area (Å²) in [7, 11) is 0. The zero-order valence-corrected chi connectivity index (χ0v) is 7.47. The minimum absolute atomic E-state index is 0.384. The molecule has 0 aromatic heterocycles. The van der Waals surface area contributed by atoms with Gasteiger partial charge in [-0.15, -0.1) is 0 Å². The molecule has 0 heterocycles. The van der Waals surface area contributed by atoms with Crippen LogP contribution in [-0.4, -0.2) is 39.4 Å². The van der Waals surface area contributed by atoms with Gasteiger partial charge in [-0.3, -0.25) is 4.79 Å². The molecular formula is C9H14O4. The summed E-state index contributed by atoms with van der Waals surface area (Å²) in [6.45, 7) is 1.99. The average molecular weight is 186 g/mol. The lowest BCUT2D eigenvalue weighted by molar-refractivity contribution is -0.144. The van der Waals surface area contributed by atoms with E-state index in [1.807, 2.05) is 6.92 Å². The highest BCUT2D eigenvalue weighted by Crippen LogP contribution is 2.53. The largest absolute Gasteiger partial charge is 0.389 e. The third-order valence-electron chi connectivity index (χ3n) is 3.40. The van der Waals surface area contributed by atoms with Crippen LogP contribution in [0.2, 0.25) is 0 Å². The molecule has 1 spiro atoms. The normalized spacial score (nSPS) is 55.5. The molecule has 0 radical (unpaired) electrons. The summed E-state index contributed by atoms with van der Waals surface area (Å²) < 4.78 is 0. The van der Waals surface area contributed by atoms with Crippen molar-refractivity contribution in [2.45, 2.75) is 38.1 Å². The van der Waals surface area contributed by atoms with E-state index in [4.69, 9.17) is 0 Å². The van der Waals surface area contributed by atoms with Crippen molar-refractivity contribution in [3.63, 3.8) is 0 Å². The van der Waals surface area contributed by atoms with Crippen LogP contribution in [0, 0.1) is 11.3 Å². The number of Topliss-reactive ketones (excluding diaryl/α,β-unsaturated/α-hetero) is 1. The number of hydrogen-bond acceptors (Lipinski definition) is 4. The number of carbonyl (C=O) groups excluding carboxylic acids is 1. The second-order valence-corrected chi connectivity index (χ2v) is 4.41. The van der Waals surface area contributed by atoms with Gasteiger partial charge < -0.3 is 15.3 Å². The fraction of sp³-hybridized carbons (Fsp3) is 0.889. The summed E-state index contributed by atoms with van der Waals surface area (Å²) in [5, 5.41) is 28.2. The molecule has 2 aliphatic carbocycles. The number of aliphatic hydroxyl groups is 3. The van der Waals surface area contributed by atoms with Crippen molar-refractivity contribution >= 4 is 5.78 Å². The lowest BCUT2D eigenvalue weighted by atomic mass is 9.60. The molecule has 0 bridgehead atoms. The van der Waals surface area contributed by atoms with Crippen molar-refractivity contribution in [2.24, 2.45) is 11.3 Å². The van der Waals surface area contributed by atoms with Gasteiger partial charge in [0.1, 0.15) is 12.2 Å². The van der Waals surface area contributed by atoms with E-state index in [9.17, 15) is 20.1 Å². The summed E-state index contributed by atoms with van der Waals surface area (Å²) in [5.74, 6) is 0.0155. The Morgan fingerprint density at radius 3 is 2.15 bits per heavy atom. The maximum absolute atomic E-state index is 11.5. The van der Waals surface area contributed by atoms with E-state index >= 15 is 0 Å². The molecule has 3 unspecified atom stereocenters. The average Bonchev–Trinajstić information content (AvgIpc) is 2.19. The Hall–Kier alpha value is -0.450. The molecule has 13 heavy (non-hydrogen) atoms. The molecule has 2 saturated carbocycles. The van der Waals surface area contributed by atoms with Crippen LogP contribution in [0.25, 0.3) is 0 Å². The predicted octanol–water partition coefficient (Wildman–Crippen LogP) is -0.932. The van der Waals surface area contributed by atoms with Crippen molar-refractivity contribution in [3.05, 3.63) is 0 Å². The molecule has 2 fully saturated rings. The molecule has 4 nitrogen and oxygen atoms in total. The van der Waals surface area contributed by atoms with Gasteiger partial charge >= 0.3 is 0 Å². The quantitative estimate of drug-likeness (QED) is 0.456. The second kappa shape index (κ2) is 2.53. The Bertz CT molecular complexity index is 244. The summed E-state index contributed by atoms with van der Waals surface area (Å²) in [6.07, 6.45) is -2.59. The highest BCUT2D eigenvalue weighted by Gasteiger charge is 2.63. The molecule has 4 heteroatoms. The van der Waals surface area contributed by atoms with Crippen molar-refractivity contribution in [3.8, 4) is 0 Å². The van der Waals surface area contributed by atoms with Crippen molar-refractivity contribution in [1.29, 1.82) is 0 Å². The van der Waals surface area contributed by atoms with E-state index < -0.39 is 23.7 Å². The van der Waals surface area contributed by atoms with E-state index in [1.54, 1.807) is 0 Å². The zero-order valence-electron chi connectivity index (χ0n) is 7.47. The third-order valence-corrected chi connectivity index (χ3v) is 3.40. The molecule has 74 valence electrons. The molecule has 0 aromatic carbocycles. The van der Waals surface area contributed by atoms with Gasteiger partial charge in [0.25, 0.3) is 0 Å². The summed E-state index contributed by atoms with van der Waals surface area (Å²) in [4.78, 5) is 11.5. The number of ketones is 1. The first-order chi connectivity index (χ1) is 5.99. The van der Waals surface area contributed by atoms with E-state index in [2.05, 4.69) is 0 Å². The number of rotatable bonds is 0. The second-order valence-electron chi connectivity index (χ2n) is 4.41. The zero-order chi connectivity index (χ0) is 9.80. The van der Waals surface area contributed by atoms with E-state index in [0.717, 1.165) is 0 Å². The number of hydrogen-bond donors (Lipinski definition) is 3. The van der Waals surface area contributed by atoms with Gasteiger partial charge in [-0.1, -0.05) is 6.92 Å².